The van der Waals surface area contributed by atoms with E-state index in [0.717, 1.165) is 0 Å². The summed E-state index contributed by atoms with van der Waals surface area (Å²) in [6.45, 7) is 2.23. The zero-order chi connectivity index (χ0) is 13.1. The molecule has 17 heavy (non-hydrogen) atoms. The number of hydrogen-bond acceptors (Lipinski definition) is 4. The van der Waals surface area contributed by atoms with E-state index < -0.39 is 10.0 Å². The van der Waals surface area contributed by atoms with Crippen molar-refractivity contribution in [1.29, 1.82) is 0 Å². The topological polar surface area (TPSA) is 81.4 Å². The Kier molecular flexibility index (Phi) is 4.76. The average molecular weight is 279 g/mol. The maximum absolute atomic E-state index is 11.8. The minimum atomic E-state index is -3.59. The zero-order valence-electron chi connectivity index (χ0n) is 9.66. The van der Waals surface area contributed by atoms with E-state index in [4.69, 9.17) is 22.1 Å². The van der Waals surface area contributed by atoms with E-state index in [1.54, 1.807) is 6.92 Å². The third-order valence-electron chi connectivity index (χ3n) is 2.27. The molecule has 0 fully saturated rings. The van der Waals surface area contributed by atoms with Gasteiger partial charge in [-0.15, -0.1) is 0 Å². The number of nitrogens with two attached hydrogens (primary N) is 1. The van der Waals surface area contributed by atoms with Crippen molar-refractivity contribution in [2.45, 2.75) is 11.8 Å². The van der Waals surface area contributed by atoms with Crippen LogP contribution in [0.4, 0.5) is 5.69 Å². The number of rotatable bonds is 5. The number of nitrogens with one attached hydrogen (secondary N) is 1. The van der Waals surface area contributed by atoms with Crippen LogP contribution in [0.2, 0.25) is 5.02 Å². The van der Waals surface area contributed by atoms with Gasteiger partial charge in [0.1, 0.15) is 0 Å². The van der Waals surface area contributed by atoms with E-state index in [1.165, 1.54) is 19.2 Å². The van der Waals surface area contributed by atoms with Crippen molar-refractivity contribution in [3.63, 3.8) is 0 Å². The Morgan fingerprint density at radius 1 is 1.47 bits per heavy atom. The summed E-state index contributed by atoms with van der Waals surface area (Å²) in [6.07, 6.45) is 0. The molecule has 0 aliphatic rings. The molecule has 0 bridgehead atoms. The lowest BCUT2D eigenvalue weighted by molar-refractivity contribution is 0.204. The fourth-order valence-corrected chi connectivity index (χ4v) is 2.56. The minimum Gasteiger partial charge on any atom is -0.398 e. The highest BCUT2D eigenvalue weighted by molar-refractivity contribution is 7.89. The Labute approximate surface area is 106 Å². The number of nitrogen functional groups attached to an aromatic ring is 1. The molecule has 7 heteroatoms. The van der Waals surface area contributed by atoms with E-state index >= 15 is 0 Å². The number of ether oxygens (including phenoxy) is 1. The van der Waals surface area contributed by atoms with Crippen molar-refractivity contribution >= 4 is 27.3 Å². The Hall–Kier alpha value is -0.820. The molecule has 0 aromatic heterocycles. The average Bonchev–Trinajstić information content (AvgIpc) is 2.25. The quantitative estimate of drug-likeness (QED) is 0.625. The molecule has 5 nitrogen and oxygen atoms in total. The lowest BCUT2D eigenvalue weighted by atomic mass is 10.2. The second-order valence-electron chi connectivity index (χ2n) is 3.51. The predicted octanol–water partition coefficient (Wildman–Crippen LogP) is 1.16. The summed E-state index contributed by atoms with van der Waals surface area (Å²) in [7, 11) is -2.09. The molecular formula is C10H15ClN2O3S. The van der Waals surface area contributed by atoms with Crippen LogP contribution in [0.25, 0.3) is 0 Å². The van der Waals surface area contributed by atoms with Crippen LogP contribution in [-0.2, 0) is 14.8 Å². The van der Waals surface area contributed by atoms with E-state index in [0.29, 0.717) is 22.9 Å². The van der Waals surface area contributed by atoms with Gasteiger partial charge in [-0.05, 0) is 24.6 Å². The first-order valence-corrected chi connectivity index (χ1v) is 6.79. The van der Waals surface area contributed by atoms with Crippen LogP contribution in [0.5, 0.6) is 0 Å². The SMILES string of the molecule is COCCNS(=O)(=O)c1cc(N)c(C)c(Cl)c1. The standard InChI is InChI=1S/C10H15ClN2O3S/c1-7-9(11)5-8(6-10(7)12)17(14,15)13-3-4-16-2/h5-6,13H,3-4,12H2,1-2H3. The highest BCUT2D eigenvalue weighted by atomic mass is 35.5. The Morgan fingerprint density at radius 2 is 2.12 bits per heavy atom. The first-order chi connectivity index (χ1) is 7.88. The van der Waals surface area contributed by atoms with Gasteiger partial charge in [0.25, 0.3) is 0 Å². The Balaban J connectivity index is 2.99. The first kappa shape index (κ1) is 14.2. The molecule has 0 radical (unpaired) electrons. The predicted molar refractivity (Wildman–Crippen MR) is 67.7 cm³/mol. The number of anilines is 1. The van der Waals surface area contributed by atoms with Crippen LogP contribution in [0.1, 0.15) is 5.56 Å². The third kappa shape index (κ3) is 3.57. The number of methoxy groups -OCH3 is 1. The second-order valence-corrected chi connectivity index (χ2v) is 5.68. The molecule has 0 heterocycles. The molecule has 0 aliphatic heterocycles. The van der Waals surface area contributed by atoms with Gasteiger partial charge in [-0.25, -0.2) is 13.1 Å². The summed E-state index contributed by atoms with van der Waals surface area (Å²) >= 11 is 5.89. The van der Waals surface area contributed by atoms with Crippen LogP contribution in [-0.4, -0.2) is 28.7 Å². The van der Waals surface area contributed by atoms with Gasteiger partial charge >= 0.3 is 0 Å². The molecule has 0 saturated carbocycles. The summed E-state index contributed by atoms with van der Waals surface area (Å²) in [5, 5.41) is 0.331. The highest BCUT2D eigenvalue weighted by Crippen LogP contribution is 2.25. The maximum Gasteiger partial charge on any atom is 0.240 e. The molecule has 3 N–H and O–H groups in total. The van der Waals surface area contributed by atoms with Crippen molar-refractivity contribution < 1.29 is 13.2 Å². The molecule has 0 atom stereocenters. The van der Waals surface area contributed by atoms with Crippen LogP contribution in [0, 0.1) is 6.92 Å². The summed E-state index contributed by atoms with van der Waals surface area (Å²) < 4.78 is 30.8. The molecule has 0 unspecified atom stereocenters. The van der Waals surface area contributed by atoms with Gasteiger partial charge in [0.05, 0.1) is 11.5 Å². The maximum atomic E-state index is 11.8. The van der Waals surface area contributed by atoms with Crippen molar-refractivity contribution in [3.05, 3.63) is 22.7 Å². The summed E-state index contributed by atoms with van der Waals surface area (Å²) in [5.41, 5.74) is 6.69. The smallest absolute Gasteiger partial charge is 0.240 e. The summed E-state index contributed by atoms with van der Waals surface area (Å²) in [6, 6.07) is 2.76. The van der Waals surface area contributed by atoms with Crippen LogP contribution in [0.3, 0.4) is 0 Å². The fourth-order valence-electron chi connectivity index (χ4n) is 1.19. The second kappa shape index (κ2) is 5.68. The van der Waals surface area contributed by atoms with E-state index in [-0.39, 0.29) is 11.4 Å². The van der Waals surface area contributed by atoms with E-state index in [2.05, 4.69) is 4.72 Å². The molecule has 0 aliphatic carbocycles. The van der Waals surface area contributed by atoms with Crippen molar-refractivity contribution in [3.8, 4) is 0 Å². The van der Waals surface area contributed by atoms with Gasteiger partial charge in [0.2, 0.25) is 10.0 Å². The molecule has 0 spiro atoms. The van der Waals surface area contributed by atoms with Gasteiger partial charge in [0.15, 0.2) is 0 Å². The number of benzene rings is 1. The normalized spacial score (nSPS) is 11.7. The van der Waals surface area contributed by atoms with Gasteiger partial charge in [0, 0.05) is 24.4 Å². The largest absolute Gasteiger partial charge is 0.398 e. The van der Waals surface area contributed by atoms with Crippen molar-refractivity contribution in [2.75, 3.05) is 26.0 Å². The number of sulfonamides is 1. The molecule has 0 saturated heterocycles. The van der Waals surface area contributed by atoms with Gasteiger partial charge in [-0.1, -0.05) is 11.6 Å². The summed E-state index contributed by atoms with van der Waals surface area (Å²) in [4.78, 5) is 0.0571. The number of halogens is 1. The van der Waals surface area contributed by atoms with Crippen molar-refractivity contribution in [2.24, 2.45) is 0 Å². The van der Waals surface area contributed by atoms with Gasteiger partial charge in [-0.2, -0.15) is 0 Å². The minimum absolute atomic E-state index is 0.0571. The highest BCUT2D eigenvalue weighted by Gasteiger charge is 2.16. The van der Waals surface area contributed by atoms with Crippen LogP contribution < -0.4 is 10.5 Å². The fraction of sp³-hybridized carbons (Fsp3) is 0.400. The molecule has 1 aromatic rings. The monoisotopic (exact) mass is 278 g/mol. The van der Waals surface area contributed by atoms with E-state index in [9.17, 15) is 8.42 Å². The molecular weight excluding hydrogens is 264 g/mol. The van der Waals surface area contributed by atoms with Crippen LogP contribution in [0.15, 0.2) is 17.0 Å². The first-order valence-electron chi connectivity index (χ1n) is 4.92. The Morgan fingerprint density at radius 3 is 2.65 bits per heavy atom. The number of hydrogen-bond donors (Lipinski definition) is 2. The van der Waals surface area contributed by atoms with E-state index in [1.807, 2.05) is 0 Å². The van der Waals surface area contributed by atoms with Gasteiger partial charge in [-0.3, -0.25) is 0 Å². The van der Waals surface area contributed by atoms with Crippen LogP contribution >= 0.6 is 11.6 Å². The molecule has 96 valence electrons. The summed E-state index contributed by atoms with van der Waals surface area (Å²) in [5.74, 6) is 0. The molecule has 0 amide bonds. The Bertz CT molecular complexity index is 479. The lowest BCUT2D eigenvalue weighted by Gasteiger charge is -2.09. The van der Waals surface area contributed by atoms with Crippen molar-refractivity contribution in [1.82, 2.24) is 4.72 Å². The molecule has 1 rings (SSSR count). The lowest BCUT2D eigenvalue weighted by Crippen LogP contribution is -2.27. The zero-order valence-corrected chi connectivity index (χ0v) is 11.2. The van der Waals surface area contributed by atoms with Gasteiger partial charge < -0.3 is 10.5 Å². The third-order valence-corrected chi connectivity index (χ3v) is 4.10. The molecule has 1 aromatic carbocycles.